The predicted molar refractivity (Wildman–Crippen MR) is 106 cm³/mol. The zero-order chi connectivity index (χ0) is 17.2. The summed E-state index contributed by atoms with van der Waals surface area (Å²) in [4.78, 5) is 0. The van der Waals surface area contributed by atoms with Crippen molar-refractivity contribution < 1.29 is 0 Å². The first-order valence-corrected chi connectivity index (χ1v) is 8.26. The Morgan fingerprint density at radius 2 is 1.48 bits per heavy atom. The summed E-state index contributed by atoms with van der Waals surface area (Å²) < 4.78 is 0. The fraction of sp³-hybridized carbons (Fsp3) is 0. The molecule has 2 heteroatoms. The quantitative estimate of drug-likeness (QED) is 0.659. The molecule has 0 aliphatic heterocycles. The summed E-state index contributed by atoms with van der Waals surface area (Å²) in [5.74, 6) is 0. The lowest BCUT2D eigenvalue weighted by Crippen LogP contribution is -2.08. The topological polar surface area (TPSA) is 49.9 Å². The first-order chi connectivity index (χ1) is 12.2. The third-order valence-electron chi connectivity index (χ3n) is 4.51. The molecule has 0 radical (unpaired) electrons. The summed E-state index contributed by atoms with van der Waals surface area (Å²) in [7, 11) is 0. The van der Waals surface area contributed by atoms with Gasteiger partial charge in [-0.05, 0) is 33.5 Å². The van der Waals surface area contributed by atoms with Crippen LogP contribution < -0.4 is 5.73 Å². The Hall–Kier alpha value is -3.39. The van der Waals surface area contributed by atoms with Gasteiger partial charge in [-0.3, -0.25) is 0 Å². The van der Waals surface area contributed by atoms with Crippen LogP contribution in [0, 0.1) is 5.41 Å². The highest BCUT2D eigenvalue weighted by Gasteiger charge is 2.10. The molecule has 3 aromatic rings. The van der Waals surface area contributed by atoms with E-state index in [-0.39, 0.29) is 0 Å². The molecule has 1 aliphatic rings. The highest BCUT2D eigenvalue weighted by atomic mass is 14.6. The smallest absolute Gasteiger partial charge is 0.0633 e. The predicted octanol–water partition coefficient (Wildman–Crippen LogP) is 5.32. The average molecular weight is 322 g/mol. The van der Waals surface area contributed by atoms with E-state index >= 15 is 0 Å². The minimum absolute atomic E-state index is 0.443. The van der Waals surface area contributed by atoms with Gasteiger partial charge in [0, 0.05) is 11.3 Å². The van der Waals surface area contributed by atoms with Crippen molar-refractivity contribution in [3.05, 3.63) is 102 Å². The van der Waals surface area contributed by atoms with Crippen LogP contribution in [0.2, 0.25) is 0 Å². The normalized spacial score (nSPS) is 15.6. The second-order valence-corrected chi connectivity index (χ2v) is 6.06. The van der Waals surface area contributed by atoms with E-state index in [2.05, 4.69) is 54.6 Å². The number of fused-ring (bicyclic) bond motifs is 1. The van der Waals surface area contributed by atoms with Crippen LogP contribution in [0.4, 0.5) is 0 Å². The van der Waals surface area contributed by atoms with Crippen LogP contribution in [0.1, 0.15) is 5.56 Å². The minimum atomic E-state index is 0.443. The molecule has 4 rings (SSSR count). The highest BCUT2D eigenvalue weighted by molar-refractivity contribution is 6.14. The number of benzene rings is 3. The zero-order valence-electron chi connectivity index (χ0n) is 13.7. The van der Waals surface area contributed by atoms with Crippen molar-refractivity contribution in [1.29, 1.82) is 5.41 Å². The third-order valence-corrected chi connectivity index (χ3v) is 4.51. The molecule has 0 saturated heterocycles. The number of hydrogen-bond acceptors (Lipinski definition) is 2. The van der Waals surface area contributed by atoms with Crippen molar-refractivity contribution in [3.8, 4) is 11.1 Å². The Labute approximate surface area is 147 Å². The summed E-state index contributed by atoms with van der Waals surface area (Å²) in [6.07, 6.45) is 7.40. The van der Waals surface area contributed by atoms with E-state index in [0.29, 0.717) is 11.4 Å². The molecule has 0 atom stereocenters. The van der Waals surface area contributed by atoms with Gasteiger partial charge in [-0.2, -0.15) is 0 Å². The van der Waals surface area contributed by atoms with E-state index in [1.165, 1.54) is 16.3 Å². The van der Waals surface area contributed by atoms with Gasteiger partial charge in [0.1, 0.15) is 0 Å². The van der Waals surface area contributed by atoms with E-state index < -0.39 is 0 Å². The van der Waals surface area contributed by atoms with E-state index in [4.69, 9.17) is 11.1 Å². The minimum Gasteiger partial charge on any atom is -0.398 e. The lowest BCUT2D eigenvalue weighted by atomic mass is 9.95. The first kappa shape index (κ1) is 15.2. The molecule has 3 N–H and O–H groups in total. The lowest BCUT2D eigenvalue weighted by molar-refractivity contribution is 1.44. The molecular weight excluding hydrogens is 304 g/mol. The van der Waals surface area contributed by atoms with Gasteiger partial charge >= 0.3 is 0 Å². The summed E-state index contributed by atoms with van der Waals surface area (Å²) in [6, 6.07) is 23.0. The summed E-state index contributed by atoms with van der Waals surface area (Å²) >= 11 is 0. The number of nitrogens with two attached hydrogens (primary N) is 1. The van der Waals surface area contributed by atoms with Crippen LogP contribution in [0.5, 0.6) is 0 Å². The van der Waals surface area contributed by atoms with Crippen LogP contribution in [-0.2, 0) is 0 Å². The molecule has 0 heterocycles. The maximum Gasteiger partial charge on any atom is 0.0633 e. The molecule has 0 saturated carbocycles. The van der Waals surface area contributed by atoms with Gasteiger partial charge in [0.25, 0.3) is 0 Å². The molecule has 1 aliphatic carbocycles. The number of hydrogen-bond donors (Lipinski definition) is 2. The monoisotopic (exact) mass is 322 g/mol. The van der Waals surface area contributed by atoms with Crippen LogP contribution in [-0.4, -0.2) is 5.71 Å². The van der Waals surface area contributed by atoms with Gasteiger partial charge < -0.3 is 11.1 Å². The number of allylic oxidation sites excluding steroid dienone is 5. The molecule has 2 nitrogen and oxygen atoms in total. The fourth-order valence-electron chi connectivity index (χ4n) is 3.18. The van der Waals surface area contributed by atoms with Crippen molar-refractivity contribution in [2.24, 2.45) is 5.73 Å². The Balaban J connectivity index is 1.76. The Kier molecular flexibility index (Phi) is 3.79. The molecular formula is C23H18N2. The molecule has 120 valence electrons. The molecule has 0 spiro atoms. The van der Waals surface area contributed by atoms with Crippen molar-refractivity contribution in [2.75, 3.05) is 0 Å². The van der Waals surface area contributed by atoms with E-state index in [1.807, 2.05) is 30.4 Å². The molecule has 0 unspecified atom stereocenters. The van der Waals surface area contributed by atoms with Crippen molar-refractivity contribution in [3.63, 3.8) is 0 Å². The van der Waals surface area contributed by atoms with Gasteiger partial charge in [-0.15, -0.1) is 0 Å². The van der Waals surface area contributed by atoms with Crippen LogP contribution in [0.3, 0.4) is 0 Å². The van der Waals surface area contributed by atoms with E-state index in [9.17, 15) is 0 Å². The Morgan fingerprint density at radius 3 is 2.28 bits per heavy atom. The SMILES string of the molecule is N=C1C=CC=C/C1=C(/N)c1ccc(-c2cccc3ccccc23)cc1. The van der Waals surface area contributed by atoms with Crippen molar-refractivity contribution in [2.45, 2.75) is 0 Å². The van der Waals surface area contributed by atoms with E-state index in [1.54, 1.807) is 6.08 Å². The van der Waals surface area contributed by atoms with Gasteiger partial charge in [0.15, 0.2) is 0 Å². The average Bonchev–Trinajstić information content (AvgIpc) is 2.67. The lowest BCUT2D eigenvalue weighted by Gasteiger charge is -2.12. The maximum absolute atomic E-state index is 8.02. The fourth-order valence-corrected chi connectivity index (χ4v) is 3.18. The summed E-state index contributed by atoms with van der Waals surface area (Å²) in [6.45, 7) is 0. The highest BCUT2D eigenvalue weighted by Crippen LogP contribution is 2.29. The standard InChI is InChI=1S/C23H18N2/c24-22-11-4-3-9-21(22)23(25)18-14-12-17(13-15-18)20-10-5-7-16-6-1-2-8-19(16)20/h1-15,24H,25H2/b23-21-,24-22?. The van der Waals surface area contributed by atoms with Crippen LogP contribution in [0.15, 0.2) is 96.6 Å². The maximum atomic E-state index is 8.02. The second kappa shape index (κ2) is 6.25. The number of nitrogens with one attached hydrogen (secondary N) is 1. The summed E-state index contributed by atoms with van der Waals surface area (Å²) in [5, 5.41) is 10.5. The van der Waals surface area contributed by atoms with Gasteiger partial charge in [-0.1, -0.05) is 85.0 Å². The van der Waals surface area contributed by atoms with Crippen molar-refractivity contribution >= 4 is 22.2 Å². The zero-order valence-corrected chi connectivity index (χ0v) is 13.7. The van der Waals surface area contributed by atoms with Crippen LogP contribution in [0.25, 0.3) is 27.6 Å². The van der Waals surface area contributed by atoms with Gasteiger partial charge in [0.05, 0.1) is 5.71 Å². The van der Waals surface area contributed by atoms with Gasteiger partial charge in [0.2, 0.25) is 0 Å². The second-order valence-electron chi connectivity index (χ2n) is 6.06. The Bertz CT molecular complexity index is 1050. The molecule has 0 aromatic heterocycles. The van der Waals surface area contributed by atoms with Crippen LogP contribution >= 0.6 is 0 Å². The van der Waals surface area contributed by atoms with Crippen molar-refractivity contribution in [1.82, 2.24) is 0 Å². The molecule has 3 aromatic carbocycles. The Morgan fingerprint density at radius 1 is 0.760 bits per heavy atom. The molecule has 0 amide bonds. The third kappa shape index (κ3) is 2.79. The molecule has 0 bridgehead atoms. The number of rotatable bonds is 2. The summed E-state index contributed by atoms with van der Waals surface area (Å²) in [5.41, 5.74) is 11.4. The molecule has 0 fully saturated rings. The largest absolute Gasteiger partial charge is 0.398 e. The first-order valence-electron chi connectivity index (χ1n) is 8.26. The molecule has 25 heavy (non-hydrogen) atoms. The van der Waals surface area contributed by atoms with Gasteiger partial charge in [-0.25, -0.2) is 0 Å². The van der Waals surface area contributed by atoms with E-state index in [0.717, 1.165) is 16.7 Å².